The average Bonchev–Trinajstić information content (AvgIpc) is 2.40. The van der Waals surface area contributed by atoms with Gasteiger partial charge in [0.15, 0.2) is 0 Å². The summed E-state index contributed by atoms with van der Waals surface area (Å²) in [5, 5.41) is 0.719. The van der Waals surface area contributed by atoms with Crippen LogP contribution in [0.4, 0.5) is 0 Å². The van der Waals surface area contributed by atoms with Crippen molar-refractivity contribution in [2.24, 2.45) is 0 Å². The molecule has 1 aliphatic carbocycles. The second kappa shape index (κ2) is 6.81. The number of allylic oxidation sites excluding steroid dienone is 1. The van der Waals surface area contributed by atoms with Crippen molar-refractivity contribution in [2.75, 3.05) is 20.2 Å². The summed E-state index contributed by atoms with van der Waals surface area (Å²) in [5.41, 5.74) is 0. The van der Waals surface area contributed by atoms with Crippen LogP contribution in [0, 0.1) is 0 Å². The van der Waals surface area contributed by atoms with E-state index in [0.717, 1.165) is 17.3 Å². The zero-order valence-electron chi connectivity index (χ0n) is 10.8. The lowest BCUT2D eigenvalue weighted by Gasteiger charge is -2.27. The van der Waals surface area contributed by atoms with Gasteiger partial charge in [0.1, 0.15) is 12.4 Å². The highest BCUT2D eigenvalue weighted by atomic mass is 35.5. The molecule has 1 aromatic carbocycles. The van der Waals surface area contributed by atoms with Crippen LogP contribution in [0.2, 0.25) is 5.02 Å². The van der Waals surface area contributed by atoms with Crippen molar-refractivity contribution in [3.05, 3.63) is 41.4 Å². The minimum atomic E-state index is 0.571. The smallest absolute Gasteiger partial charge is 0.120 e. The lowest BCUT2D eigenvalue weighted by atomic mass is 10.0. The molecule has 0 bridgehead atoms. The molecule has 0 radical (unpaired) electrons. The van der Waals surface area contributed by atoms with Gasteiger partial charge in [-0.05, 0) is 44.5 Å². The first-order chi connectivity index (χ1) is 8.75. The first kappa shape index (κ1) is 13.4. The van der Waals surface area contributed by atoms with Gasteiger partial charge in [-0.15, -0.1) is 0 Å². The molecule has 98 valence electrons. The van der Waals surface area contributed by atoms with Gasteiger partial charge in [0.25, 0.3) is 0 Å². The highest BCUT2D eigenvalue weighted by Crippen LogP contribution is 2.18. The fourth-order valence-electron chi connectivity index (χ4n) is 2.19. The summed E-state index contributed by atoms with van der Waals surface area (Å²) in [6.45, 7) is 1.63. The van der Waals surface area contributed by atoms with E-state index in [1.54, 1.807) is 0 Å². The molecule has 2 nitrogen and oxygen atoms in total. The lowest BCUT2D eigenvalue weighted by Crippen LogP contribution is -2.34. The van der Waals surface area contributed by atoms with Crippen molar-refractivity contribution < 1.29 is 4.74 Å². The quantitative estimate of drug-likeness (QED) is 0.752. The molecule has 0 fully saturated rings. The molecule has 0 amide bonds. The first-order valence-corrected chi connectivity index (χ1v) is 6.89. The average molecular weight is 266 g/mol. The number of nitrogens with zero attached hydrogens (tertiary/aromatic N) is 1. The van der Waals surface area contributed by atoms with Crippen molar-refractivity contribution in [1.82, 2.24) is 4.90 Å². The van der Waals surface area contributed by atoms with E-state index < -0.39 is 0 Å². The minimum absolute atomic E-state index is 0.571. The second-order valence-corrected chi connectivity index (χ2v) is 5.15. The third-order valence-corrected chi connectivity index (χ3v) is 3.54. The van der Waals surface area contributed by atoms with E-state index in [0.29, 0.717) is 12.6 Å². The largest absolute Gasteiger partial charge is 0.492 e. The Morgan fingerprint density at radius 3 is 3.06 bits per heavy atom. The van der Waals surface area contributed by atoms with E-state index in [9.17, 15) is 0 Å². The van der Waals surface area contributed by atoms with Crippen LogP contribution >= 0.6 is 11.6 Å². The summed E-state index contributed by atoms with van der Waals surface area (Å²) in [6, 6.07) is 8.12. The SMILES string of the molecule is CN(CCOc1cccc(Cl)c1)C1C=CCCC1. The third-order valence-electron chi connectivity index (χ3n) is 3.30. The maximum Gasteiger partial charge on any atom is 0.120 e. The molecular weight excluding hydrogens is 246 g/mol. The van der Waals surface area contributed by atoms with Crippen molar-refractivity contribution in [3.63, 3.8) is 0 Å². The highest BCUT2D eigenvalue weighted by molar-refractivity contribution is 6.30. The minimum Gasteiger partial charge on any atom is -0.492 e. The highest BCUT2D eigenvalue weighted by Gasteiger charge is 2.13. The molecule has 0 saturated carbocycles. The number of likely N-dealkylation sites (N-methyl/N-ethyl adjacent to an activating group) is 1. The van der Waals surface area contributed by atoms with Gasteiger partial charge in [-0.2, -0.15) is 0 Å². The Balaban J connectivity index is 1.74. The maximum atomic E-state index is 5.91. The van der Waals surface area contributed by atoms with Crippen LogP contribution < -0.4 is 4.74 Å². The summed E-state index contributed by atoms with van der Waals surface area (Å²) in [4.78, 5) is 2.35. The Morgan fingerprint density at radius 2 is 2.33 bits per heavy atom. The molecule has 1 aromatic rings. The van der Waals surface area contributed by atoms with Crippen LogP contribution in [0.3, 0.4) is 0 Å². The second-order valence-electron chi connectivity index (χ2n) is 4.71. The summed E-state index contributed by atoms with van der Waals surface area (Å²) in [6.07, 6.45) is 8.36. The van der Waals surface area contributed by atoms with Crippen molar-refractivity contribution in [3.8, 4) is 5.75 Å². The van der Waals surface area contributed by atoms with Gasteiger partial charge in [-0.3, -0.25) is 4.90 Å². The van der Waals surface area contributed by atoms with E-state index >= 15 is 0 Å². The van der Waals surface area contributed by atoms with Crippen LogP contribution in [0.5, 0.6) is 5.75 Å². The molecule has 1 unspecified atom stereocenters. The van der Waals surface area contributed by atoms with E-state index in [1.807, 2.05) is 24.3 Å². The van der Waals surface area contributed by atoms with E-state index in [1.165, 1.54) is 19.3 Å². The van der Waals surface area contributed by atoms with E-state index in [4.69, 9.17) is 16.3 Å². The topological polar surface area (TPSA) is 12.5 Å². The van der Waals surface area contributed by atoms with Crippen LogP contribution in [-0.2, 0) is 0 Å². The van der Waals surface area contributed by atoms with E-state index in [2.05, 4.69) is 24.1 Å². The fraction of sp³-hybridized carbons (Fsp3) is 0.467. The Labute approximate surface area is 114 Å². The molecule has 0 aliphatic heterocycles. The normalized spacial score (nSPS) is 19.2. The lowest BCUT2D eigenvalue weighted by molar-refractivity contribution is 0.203. The molecule has 0 aromatic heterocycles. The summed E-state index contributed by atoms with van der Waals surface area (Å²) < 4.78 is 5.70. The molecule has 1 atom stereocenters. The molecule has 3 heteroatoms. The van der Waals surface area contributed by atoms with E-state index in [-0.39, 0.29) is 0 Å². The van der Waals surface area contributed by atoms with Gasteiger partial charge < -0.3 is 4.74 Å². The molecule has 0 heterocycles. The van der Waals surface area contributed by atoms with Crippen molar-refractivity contribution in [1.29, 1.82) is 0 Å². The standard InChI is InChI=1S/C15H20ClNO/c1-17(14-7-3-2-4-8-14)10-11-18-15-9-5-6-13(16)12-15/h3,5-7,9,12,14H,2,4,8,10-11H2,1H3. The van der Waals surface area contributed by atoms with Crippen LogP contribution in [0.15, 0.2) is 36.4 Å². The Morgan fingerprint density at radius 1 is 1.44 bits per heavy atom. The monoisotopic (exact) mass is 265 g/mol. The van der Waals surface area contributed by atoms with Crippen LogP contribution in [-0.4, -0.2) is 31.1 Å². The van der Waals surface area contributed by atoms with Gasteiger partial charge in [-0.1, -0.05) is 29.8 Å². The molecule has 2 rings (SSSR count). The van der Waals surface area contributed by atoms with Gasteiger partial charge in [0.05, 0.1) is 0 Å². The number of halogens is 1. The van der Waals surface area contributed by atoms with Gasteiger partial charge >= 0.3 is 0 Å². The maximum absolute atomic E-state index is 5.91. The van der Waals surface area contributed by atoms with Gasteiger partial charge in [0, 0.05) is 17.6 Å². The van der Waals surface area contributed by atoms with Gasteiger partial charge in [-0.25, -0.2) is 0 Å². The van der Waals surface area contributed by atoms with Crippen molar-refractivity contribution in [2.45, 2.75) is 25.3 Å². The number of rotatable bonds is 5. The summed E-state index contributed by atoms with van der Waals surface area (Å²) in [5.74, 6) is 0.843. The third kappa shape index (κ3) is 4.04. The van der Waals surface area contributed by atoms with Crippen LogP contribution in [0.25, 0.3) is 0 Å². The van der Waals surface area contributed by atoms with Crippen molar-refractivity contribution >= 4 is 11.6 Å². The predicted molar refractivity (Wildman–Crippen MR) is 76.4 cm³/mol. The first-order valence-electron chi connectivity index (χ1n) is 6.51. The predicted octanol–water partition coefficient (Wildman–Crippen LogP) is 3.76. The van der Waals surface area contributed by atoms with Crippen LogP contribution in [0.1, 0.15) is 19.3 Å². The number of hydrogen-bond donors (Lipinski definition) is 0. The molecular formula is C15H20ClNO. The van der Waals surface area contributed by atoms with Gasteiger partial charge in [0.2, 0.25) is 0 Å². The Hall–Kier alpha value is -0.990. The molecule has 0 saturated heterocycles. The number of benzene rings is 1. The Bertz CT molecular complexity index is 405. The molecule has 0 N–H and O–H groups in total. The number of hydrogen-bond acceptors (Lipinski definition) is 2. The molecule has 0 spiro atoms. The molecule has 18 heavy (non-hydrogen) atoms. The zero-order valence-corrected chi connectivity index (χ0v) is 11.6. The summed E-state index contributed by atoms with van der Waals surface area (Å²) >= 11 is 5.91. The molecule has 1 aliphatic rings. The Kier molecular flexibility index (Phi) is 5.09. The fourth-order valence-corrected chi connectivity index (χ4v) is 2.37. The zero-order chi connectivity index (χ0) is 12.8. The number of ether oxygens (including phenoxy) is 1. The summed E-state index contributed by atoms with van der Waals surface area (Å²) in [7, 11) is 2.15.